The summed E-state index contributed by atoms with van der Waals surface area (Å²) in [7, 11) is 0. The third-order valence-electron chi connectivity index (χ3n) is 1.48. The van der Waals surface area contributed by atoms with E-state index in [1.807, 2.05) is 0 Å². The maximum atomic E-state index is 11.5. The van der Waals surface area contributed by atoms with E-state index in [1.165, 1.54) is 12.1 Å². The molecule has 0 aliphatic rings. The molecule has 1 aromatic heterocycles. The number of nitrogens with zero attached hydrogens (tertiary/aromatic N) is 1. The minimum Gasteiger partial charge on any atom is -0.349 e. The molecule has 0 unspecified atom stereocenters. The molecule has 7 heteroatoms. The molecule has 1 heterocycles. The Hall–Kier alpha value is -0.220. The Morgan fingerprint density at radius 2 is 2.07 bits per heavy atom. The Labute approximate surface area is 107 Å². The number of pyridine rings is 1. The minimum absolute atomic E-state index is 0.0423. The van der Waals surface area contributed by atoms with Crippen LogP contribution in [0.4, 0.5) is 0 Å². The van der Waals surface area contributed by atoms with Crippen LogP contribution in [0.25, 0.3) is 0 Å². The van der Waals surface area contributed by atoms with Crippen LogP contribution < -0.4 is 5.32 Å². The third kappa shape index (κ3) is 4.03. The topological polar surface area (TPSA) is 42.0 Å². The summed E-state index contributed by atoms with van der Waals surface area (Å²) in [5.41, 5.74) is 0.232. The van der Waals surface area contributed by atoms with Gasteiger partial charge >= 0.3 is 0 Å². The Kier molecular flexibility index (Phi) is 4.93. The second-order valence-corrected chi connectivity index (χ2v) is 4.60. The second-order valence-electron chi connectivity index (χ2n) is 2.57. The van der Waals surface area contributed by atoms with Crippen LogP contribution >= 0.6 is 46.4 Å². The third-order valence-corrected chi connectivity index (χ3v) is 2.28. The smallest absolute Gasteiger partial charge is 0.254 e. The van der Waals surface area contributed by atoms with Gasteiger partial charge in [-0.05, 0) is 12.1 Å². The molecule has 0 saturated carbocycles. The molecule has 0 saturated heterocycles. The minimum atomic E-state index is -0.659. The van der Waals surface area contributed by atoms with Gasteiger partial charge in [0, 0.05) is 6.54 Å². The maximum Gasteiger partial charge on any atom is 0.254 e. The Morgan fingerprint density at radius 3 is 2.60 bits per heavy atom. The molecular formula is C8H6Cl4N2O. The summed E-state index contributed by atoms with van der Waals surface area (Å²) in [6, 6.07) is 2.95. The Morgan fingerprint density at radius 1 is 1.40 bits per heavy atom. The van der Waals surface area contributed by atoms with Crippen molar-refractivity contribution in [3.63, 3.8) is 0 Å². The first-order valence-corrected chi connectivity index (χ1v) is 5.52. The molecule has 0 aliphatic carbocycles. The lowest BCUT2D eigenvalue weighted by atomic mass is 10.3. The number of amides is 1. The number of rotatable bonds is 3. The molecule has 0 spiro atoms. The average molecular weight is 288 g/mol. The standard InChI is InChI=1S/C8H6Cl4N2O/c9-5(10)3-13-8(15)4-1-2-6(11)14-7(4)12/h1-2,5H,3H2,(H,13,15). The van der Waals surface area contributed by atoms with Crippen LogP contribution in [0.15, 0.2) is 12.1 Å². The molecule has 0 aromatic carbocycles. The lowest BCUT2D eigenvalue weighted by molar-refractivity contribution is 0.0955. The van der Waals surface area contributed by atoms with Gasteiger partial charge in [0.15, 0.2) is 0 Å². The molecule has 82 valence electrons. The predicted molar refractivity (Wildman–Crippen MR) is 62.1 cm³/mol. The molecule has 0 radical (unpaired) electrons. The molecule has 0 bridgehead atoms. The van der Waals surface area contributed by atoms with Gasteiger partial charge in [-0.1, -0.05) is 23.2 Å². The molecule has 0 fully saturated rings. The summed E-state index contributed by atoms with van der Waals surface area (Å²) in [4.78, 5) is 14.6. The zero-order valence-electron chi connectivity index (χ0n) is 7.31. The van der Waals surface area contributed by atoms with Crippen molar-refractivity contribution in [3.05, 3.63) is 28.0 Å². The Bertz CT molecular complexity index is 370. The van der Waals surface area contributed by atoms with E-state index in [1.54, 1.807) is 0 Å². The van der Waals surface area contributed by atoms with Crippen LogP contribution in [0.1, 0.15) is 10.4 Å². The van der Waals surface area contributed by atoms with E-state index in [9.17, 15) is 4.79 Å². The van der Waals surface area contributed by atoms with Gasteiger partial charge in [0.05, 0.1) is 5.56 Å². The van der Waals surface area contributed by atoms with Gasteiger partial charge in [0.2, 0.25) is 0 Å². The van der Waals surface area contributed by atoms with E-state index < -0.39 is 10.7 Å². The van der Waals surface area contributed by atoms with Crippen molar-refractivity contribution in [2.24, 2.45) is 0 Å². The summed E-state index contributed by atoms with van der Waals surface area (Å²) in [6.07, 6.45) is 0. The Balaban J connectivity index is 2.74. The van der Waals surface area contributed by atoms with Gasteiger partial charge in [-0.3, -0.25) is 4.79 Å². The largest absolute Gasteiger partial charge is 0.349 e. The van der Waals surface area contributed by atoms with Crippen LogP contribution in [-0.2, 0) is 0 Å². The summed E-state index contributed by atoms with van der Waals surface area (Å²) in [5, 5.41) is 2.76. The van der Waals surface area contributed by atoms with Crippen LogP contribution in [-0.4, -0.2) is 22.3 Å². The average Bonchev–Trinajstić information content (AvgIpc) is 2.14. The first-order valence-electron chi connectivity index (χ1n) is 3.89. The molecule has 1 aromatic rings. The highest BCUT2D eigenvalue weighted by molar-refractivity contribution is 6.44. The lowest BCUT2D eigenvalue weighted by Crippen LogP contribution is -2.28. The molecule has 1 N–H and O–H groups in total. The molecule has 0 aliphatic heterocycles. The van der Waals surface area contributed by atoms with E-state index in [2.05, 4.69) is 10.3 Å². The van der Waals surface area contributed by atoms with Crippen molar-refractivity contribution in [2.45, 2.75) is 4.84 Å². The highest BCUT2D eigenvalue weighted by Gasteiger charge is 2.12. The van der Waals surface area contributed by atoms with Gasteiger partial charge in [-0.2, -0.15) is 0 Å². The fourth-order valence-electron chi connectivity index (χ4n) is 0.847. The molecule has 1 amide bonds. The van der Waals surface area contributed by atoms with E-state index in [0.717, 1.165) is 0 Å². The van der Waals surface area contributed by atoms with Crippen molar-refractivity contribution < 1.29 is 4.79 Å². The zero-order valence-corrected chi connectivity index (χ0v) is 10.3. The second kappa shape index (κ2) is 5.75. The van der Waals surface area contributed by atoms with Crippen molar-refractivity contribution in [2.75, 3.05) is 6.54 Å². The predicted octanol–water partition coefficient (Wildman–Crippen LogP) is 2.92. The number of nitrogens with one attached hydrogen (secondary N) is 1. The summed E-state index contributed by atoms with van der Waals surface area (Å²) >= 11 is 22.2. The van der Waals surface area contributed by atoms with Gasteiger partial charge in [0.25, 0.3) is 5.91 Å². The van der Waals surface area contributed by atoms with Crippen molar-refractivity contribution >= 4 is 52.3 Å². The first-order chi connectivity index (χ1) is 7.00. The fourth-order valence-corrected chi connectivity index (χ4v) is 1.43. The van der Waals surface area contributed by atoms with E-state index in [0.29, 0.717) is 0 Å². The number of hydrogen-bond donors (Lipinski definition) is 1. The molecule has 3 nitrogen and oxygen atoms in total. The normalized spacial score (nSPS) is 10.5. The zero-order chi connectivity index (χ0) is 11.4. The SMILES string of the molecule is O=C(NCC(Cl)Cl)c1ccc(Cl)nc1Cl. The van der Waals surface area contributed by atoms with Crippen LogP contribution in [0.2, 0.25) is 10.3 Å². The number of alkyl halides is 2. The molecule has 1 rings (SSSR count). The highest BCUT2D eigenvalue weighted by atomic mass is 35.5. The molecule has 0 atom stereocenters. The monoisotopic (exact) mass is 286 g/mol. The summed E-state index contributed by atoms with van der Waals surface area (Å²) in [5.74, 6) is -0.393. The van der Waals surface area contributed by atoms with Crippen LogP contribution in [0.5, 0.6) is 0 Å². The summed E-state index contributed by atoms with van der Waals surface area (Å²) < 4.78 is 0. The van der Waals surface area contributed by atoms with Crippen molar-refractivity contribution in [1.82, 2.24) is 10.3 Å². The van der Waals surface area contributed by atoms with Crippen LogP contribution in [0, 0.1) is 0 Å². The number of carbonyl (C=O) groups is 1. The fraction of sp³-hybridized carbons (Fsp3) is 0.250. The number of carbonyl (C=O) groups excluding carboxylic acids is 1. The maximum absolute atomic E-state index is 11.5. The van der Waals surface area contributed by atoms with E-state index >= 15 is 0 Å². The van der Waals surface area contributed by atoms with Gasteiger partial charge in [-0.25, -0.2) is 4.98 Å². The van der Waals surface area contributed by atoms with Gasteiger partial charge < -0.3 is 5.32 Å². The van der Waals surface area contributed by atoms with E-state index in [-0.39, 0.29) is 22.4 Å². The van der Waals surface area contributed by atoms with Crippen molar-refractivity contribution in [3.8, 4) is 0 Å². The van der Waals surface area contributed by atoms with Gasteiger partial charge in [0.1, 0.15) is 15.1 Å². The molecular weight excluding hydrogens is 282 g/mol. The first kappa shape index (κ1) is 12.8. The summed E-state index contributed by atoms with van der Waals surface area (Å²) in [6.45, 7) is 0.140. The van der Waals surface area contributed by atoms with Crippen molar-refractivity contribution in [1.29, 1.82) is 0 Å². The number of aromatic nitrogens is 1. The van der Waals surface area contributed by atoms with Crippen LogP contribution in [0.3, 0.4) is 0 Å². The highest BCUT2D eigenvalue weighted by Crippen LogP contribution is 2.16. The van der Waals surface area contributed by atoms with Gasteiger partial charge in [-0.15, -0.1) is 23.2 Å². The number of halogens is 4. The number of hydrogen-bond acceptors (Lipinski definition) is 2. The lowest BCUT2D eigenvalue weighted by Gasteiger charge is -2.06. The van der Waals surface area contributed by atoms with E-state index in [4.69, 9.17) is 46.4 Å². The molecule has 15 heavy (non-hydrogen) atoms. The quantitative estimate of drug-likeness (QED) is 0.686.